The lowest BCUT2D eigenvalue weighted by Crippen LogP contribution is -2.52. The fraction of sp³-hybridized carbons (Fsp3) is 0.500. The van der Waals surface area contributed by atoms with Crippen LogP contribution in [-0.2, 0) is 13.0 Å². The van der Waals surface area contributed by atoms with Crippen molar-refractivity contribution < 1.29 is 9.90 Å². The van der Waals surface area contributed by atoms with Crippen LogP contribution in [0.15, 0.2) is 48.5 Å². The number of hydrogen-bond acceptors (Lipinski definition) is 4. The van der Waals surface area contributed by atoms with E-state index >= 15 is 0 Å². The molecule has 5 rings (SSSR count). The topological polar surface area (TPSA) is 47.0 Å². The van der Waals surface area contributed by atoms with Crippen molar-refractivity contribution in [2.75, 3.05) is 44.2 Å². The van der Waals surface area contributed by atoms with Gasteiger partial charge in [-0.25, -0.2) is 0 Å². The maximum atomic E-state index is 13.1. The smallest absolute Gasteiger partial charge is 0.253 e. The Kier molecular flexibility index (Phi) is 5.72. The van der Waals surface area contributed by atoms with Crippen molar-refractivity contribution in [2.24, 2.45) is 0 Å². The maximum Gasteiger partial charge on any atom is 0.253 e. The van der Waals surface area contributed by atoms with Gasteiger partial charge in [0.05, 0.1) is 5.60 Å². The number of piperidine rings is 1. The highest BCUT2D eigenvalue weighted by Crippen LogP contribution is 2.28. The molecular weight excluding hydrogens is 386 g/mol. The zero-order chi connectivity index (χ0) is 21.3. The summed E-state index contributed by atoms with van der Waals surface area (Å²) in [6.45, 7) is 5.98. The Balaban J connectivity index is 1.18. The lowest BCUT2D eigenvalue weighted by molar-refractivity contribution is -0.0430. The normalized spacial score (nSPS) is 21.2. The second kappa shape index (κ2) is 8.64. The number of likely N-dealkylation sites (tertiary alicyclic amines) is 1. The average molecular weight is 420 g/mol. The lowest BCUT2D eigenvalue weighted by Gasteiger charge is -2.42. The number of benzene rings is 2. The van der Waals surface area contributed by atoms with Crippen molar-refractivity contribution in [2.45, 2.75) is 44.2 Å². The van der Waals surface area contributed by atoms with Crippen LogP contribution in [0.3, 0.4) is 0 Å². The van der Waals surface area contributed by atoms with E-state index < -0.39 is 5.60 Å². The summed E-state index contributed by atoms with van der Waals surface area (Å²) in [4.78, 5) is 19.8. The quantitative estimate of drug-likeness (QED) is 0.826. The molecule has 0 atom stereocenters. The standard InChI is InChI=1S/C26H33N3O2/c30-25(22-8-5-9-24(18-22)28-13-3-4-14-28)29-16-11-26(31,12-17-29)20-27-15-10-21-6-1-2-7-23(21)19-27/h1-2,5-9,18,31H,3-4,10-17,19-20H2. The van der Waals surface area contributed by atoms with Crippen molar-refractivity contribution >= 4 is 11.6 Å². The van der Waals surface area contributed by atoms with Crippen LogP contribution in [0.5, 0.6) is 0 Å². The first kappa shape index (κ1) is 20.5. The molecule has 5 heteroatoms. The number of anilines is 1. The predicted molar refractivity (Wildman–Crippen MR) is 123 cm³/mol. The Morgan fingerprint density at radius 3 is 2.42 bits per heavy atom. The molecule has 2 fully saturated rings. The zero-order valence-electron chi connectivity index (χ0n) is 18.3. The number of amides is 1. The minimum atomic E-state index is -0.708. The summed E-state index contributed by atoms with van der Waals surface area (Å²) in [6, 6.07) is 16.7. The third-order valence-corrected chi connectivity index (χ3v) is 7.27. The number of carbonyl (C=O) groups excluding carboxylic acids is 1. The van der Waals surface area contributed by atoms with Crippen LogP contribution in [0.4, 0.5) is 5.69 Å². The van der Waals surface area contributed by atoms with Gasteiger partial charge in [0.15, 0.2) is 0 Å². The molecule has 0 radical (unpaired) electrons. The first-order valence-electron chi connectivity index (χ1n) is 11.8. The summed E-state index contributed by atoms with van der Waals surface area (Å²) >= 11 is 0. The molecule has 1 amide bonds. The highest BCUT2D eigenvalue weighted by molar-refractivity contribution is 5.95. The van der Waals surface area contributed by atoms with E-state index in [1.165, 1.54) is 24.0 Å². The molecule has 2 saturated heterocycles. The van der Waals surface area contributed by atoms with Crippen LogP contribution >= 0.6 is 0 Å². The molecule has 31 heavy (non-hydrogen) atoms. The van der Waals surface area contributed by atoms with Gasteiger partial charge >= 0.3 is 0 Å². The number of aliphatic hydroxyl groups is 1. The van der Waals surface area contributed by atoms with Gasteiger partial charge in [-0.15, -0.1) is 0 Å². The van der Waals surface area contributed by atoms with Gasteiger partial charge in [0, 0.05) is 57.1 Å². The number of fused-ring (bicyclic) bond motifs is 1. The van der Waals surface area contributed by atoms with E-state index in [0.717, 1.165) is 43.9 Å². The second-order valence-electron chi connectivity index (χ2n) is 9.49. The fourth-order valence-corrected chi connectivity index (χ4v) is 5.38. The van der Waals surface area contributed by atoms with Gasteiger partial charge in [0.25, 0.3) is 5.91 Å². The minimum Gasteiger partial charge on any atom is -0.388 e. The molecule has 164 valence electrons. The van der Waals surface area contributed by atoms with Crippen molar-refractivity contribution in [1.82, 2.24) is 9.80 Å². The van der Waals surface area contributed by atoms with Gasteiger partial charge in [-0.05, 0) is 61.4 Å². The molecule has 3 aliphatic heterocycles. The van der Waals surface area contributed by atoms with Crippen LogP contribution in [0.1, 0.15) is 47.2 Å². The average Bonchev–Trinajstić information content (AvgIpc) is 3.34. The highest BCUT2D eigenvalue weighted by atomic mass is 16.3. The van der Waals surface area contributed by atoms with Crippen LogP contribution < -0.4 is 4.90 Å². The number of nitrogens with zero attached hydrogens (tertiary/aromatic N) is 3. The molecule has 0 aromatic heterocycles. The van der Waals surface area contributed by atoms with Crippen LogP contribution in [0.2, 0.25) is 0 Å². The van der Waals surface area contributed by atoms with Crippen molar-refractivity contribution in [3.8, 4) is 0 Å². The summed E-state index contributed by atoms with van der Waals surface area (Å²) in [6.07, 6.45) is 4.78. The Morgan fingerprint density at radius 2 is 1.65 bits per heavy atom. The van der Waals surface area contributed by atoms with Crippen molar-refractivity contribution in [1.29, 1.82) is 0 Å². The molecule has 1 N–H and O–H groups in total. The monoisotopic (exact) mass is 419 g/mol. The van der Waals surface area contributed by atoms with Gasteiger partial charge < -0.3 is 14.9 Å². The number of β-amino-alcohol motifs (C(OH)–C–C–N with tert-alkyl or cyclic N) is 1. The molecule has 5 nitrogen and oxygen atoms in total. The molecule has 3 aliphatic rings. The van der Waals surface area contributed by atoms with Gasteiger partial charge in [-0.3, -0.25) is 9.69 Å². The zero-order valence-corrected chi connectivity index (χ0v) is 18.3. The number of rotatable bonds is 4. The Labute approximate surface area is 185 Å². The van der Waals surface area contributed by atoms with Gasteiger partial charge in [-0.2, -0.15) is 0 Å². The summed E-state index contributed by atoms with van der Waals surface area (Å²) in [5.74, 6) is 0.0926. The number of hydrogen-bond donors (Lipinski definition) is 1. The Morgan fingerprint density at radius 1 is 0.903 bits per heavy atom. The molecule has 0 saturated carbocycles. The third kappa shape index (κ3) is 4.48. The summed E-state index contributed by atoms with van der Waals surface area (Å²) in [5.41, 5.74) is 4.02. The summed E-state index contributed by atoms with van der Waals surface area (Å²) in [7, 11) is 0. The van der Waals surface area contributed by atoms with Crippen LogP contribution in [0.25, 0.3) is 0 Å². The fourth-order valence-electron chi connectivity index (χ4n) is 5.38. The molecule has 2 aromatic rings. The van der Waals surface area contributed by atoms with Crippen molar-refractivity contribution in [3.05, 3.63) is 65.2 Å². The molecule has 0 bridgehead atoms. The van der Waals surface area contributed by atoms with Gasteiger partial charge in [0.2, 0.25) is 0 Å². The van der Waals surface area contributed by atoms with Gasteiger partial charge in [0.1, 0.15) is 0 Å². The second-order valence-corrected chi connectivity index (χ2v) is 9.49. The van der Waals surface area contributed by atoms with E-state index in [1.54, 1.807) is 0 Å². The van der Waals surface area contributed by atoms with Gasteiger partial charge in [-0.1, -0.05) is 30.3 Å². The van der Waals surface area contributed by atoms with Crippen LogP contribution in [0, 0.1) is 0 Å². The van der Waals surface area contributed by atoms with Crippen molar-refractivity contribution in [3.63, 3.8) is 0 Å². The summed E-state index contributed by atoms with van der Waals surface area (Å²) in [5, 5.41) is 11.2. The highest BCUT2D eigenvalue weighted by Gasteiger charge is 2.36. The Hall–Kier alpha value is -2.37. The third-order valence-electron chi connectivity index (χ3n) is 7.27. The first-order chi connectivity index (χ1) is 15.1. The van der Waals surface area contributed by atoms with E-state index in [2.05, 4.69) is 40.1 Å². The first-order valence-corrected chi connectivity index (χ1v) is 11.8. The molecular formula is C26H33N3O2. The van der Waals surface area contributed by atoms with E-state index in [4.69, 9.17) is 0 Å². The van der Waals surface area contributed by atoms with E-state index in [9.17, 15) is 9.90 Å². The molecule has 3 heterocycles. The van der Waals surface area contributed by atoms with E-state index in [-0.39, 0.29) is 5.91 Å². The molecule has 0 aliphatic carbocycles. The molecule has 2 aromatic carbocycles. The Bertz CT molecular complexity index is 930. The van der Waals surface area contributed by atoms with E-state index in [0.29, 0.717) is 32.5 Å². The predicted octanol–water partition coefficient (Wildman–Crippen LogP) is 3.31. The summed E-state index contributed by atoms with van der Waals surface area (Å²) < 4.78 is 0. The largest absolute Gasteiger partial charge is 0.388 e. The SMILES string of the molecule is O=C(c1cccc(N2CCCC2)c1)N1CCC(O)(CN2CCc3ccccc3C2)CC1. The minimum absolute atomic E-state index is 0.0926. The molecule has 0 spiro atoms. The lowest BCUT2D eigenvalue weighted by atomic mass is 9.89. The molecule has 0 unspecified atom stereocenters. The maximum absolute atomic E-state index is 13.1. The number of carbonyl (C=O) groups is 1. The van der Waals surface area contributed by atoms with E-state index in [1.807, 2.05) is 23.1 Å². The van der Waals surface area contributed by atoms with Crippen LogP contribution in [-0.4, -0.2) is 65.7 Å².